The van der Waals surface area contributed by atoms with Crippen LogP contribution < -0.4 is 5.56 Å². The Labute approximate surface area is 143 Å². The van der Waals surface area contributed by atoms with Crippen LogP contribution in [-0.2, 0) is 0 Å². The molecule has 2 aromatic carbocycles. The van der Waals surface area contributed by atoms with E-state index in [-0.39, 0.29) is 22.7 Å². The Kier molecular flexibility index (Phi) is 4.28. The van der Waals surface area contributed by atoms with Crippen molar-refractivity contribution < 1.29 is 13.2 Å². The molecule has 0 N–H and O–H groups in total. The quantitative estimate of drug-likeness (QED) is 0.635. The molecule has 0 radical (unpaired) electrons. The van der Waals surface area contributed by atoms with Crippen LogP contribution in [0.3, 0.4) is 0 Å². The Hall–Kier alpha value is -2.41. The van der Waals surface area contributed by atoms with E-state index in [1.54, 1.807) is 30.3 Å². The molecule has 3 aromatic rings. The Morgan fingerprint density at radius 2 is 1.83 bits per heavy atom. The Bertz CT molecular complexity index is 979. The molecule has 1 aromatic heterocycles. The van der Waals surface area contributed by atoms with Crippen molar-refractivity contribution in [2.45, 2.75) is 6.18 Å². The normalized spacial score (nSPS) is 12.6. The molecule has 1 heterocycles. The maximum Gasteiger partial charge on any atom is 0.411 e. The summed E-state index contributed by atoms with van der Waals surface area (Å²) in [6, 6.07) is 12.8. The molecule has 0 fully saturated rings. The van der Waals surface area contributed by atoms with E-state index in [4.69, 9.17) is 0 Å². The van der Waals surface area contributed by atoms with Crippen LogP contribution in [0.4, 0.5) is 13.2 Å². The number of fused-ring (bicyclic) bond motifs is 1. The zero-order chi connectivity index (χ0) is 17.3. The first-order valence-electron chi connectivity index (χ1n) is 6.87. The summed E-state index contributed by atoms with van der Waals surface area (Å²) in [5.74, 6) is 0. The number of hydrogen-bond donors (Lipinski definition) is 0. The number of allylic oxidation sites excluding steroid dienone is 1. The minimum Gasteiger partial charge on any atom is -0.268 e. The molecule has 0 bridgehead atoms. The average Bonchev–Trinajstić information content (AvgIpc) is 2.54. The van der Waals surface area contributed by atoms with Gasteiger partial charge in [0.05, 0.1) is 16.6 Å². The van der Waals surface area contributed by atoms with Gasteiger partial charge in [-0.05, 0) is 23.8 Å². The van der Waals surface area contributed by atoms with E-state index in [0.29, 0.717) is 9.99 Å². The summed E-state index contributed by atoms with van der Waals surface area (Å²) in [6.07, 6.45) is -3.35. The van der Waals surface area contributed by atoms with Gasteiger partial charge in [0.1, 0.15) is 6.33 Å². The molecular formula is C17H10BrF3N2O. The van der Waals surface area contributed by atoms with Gasteiger partial charge in [0.25, 0.3) is 5.56 Å². The number of rotatable bonds is 2. The highest BCUT2D eigenvalue weighted by Crippen LogP contribution is 2.25. The summed E-state index contributed by atoms with van der Waals surface area (Å²) in [4.78, 5) is 16.8. The van der Waals surface area contributed by atoms with Gasteiger partial charge >= 0.3 is 6.18 Å². The lowest BCUT2D eigenvalue weighted by atomic mass is 10.1. The van der Waals surface area contributed by atoms with Crippen molar-refractivity contribution in [2.24, 2.45) is 0 Å². The molecule has 0 saturated carbocycles. The molecule has 0 aliphatic carbocycles. The number of aromatic nitrogens is 2. The van der Waals surface area contributed by atoms with E-state index in [0.717, 1.165) is 10.9 Å². The number of benzene rings is 2. The van der Waals surface area contributed by atoms with Crippen LogP contribution in [0.25, 0.3) is 16.6 Å². The van der Waals surface area contributed by atoms with Crippen molar-refractivity contribution >= 4 is 32.5 Å². The Morgan fingerprint density at radius 3 is 2.50 bits per heavy atom. The maximum absolute atomic E-state index is 13.0. The second kappa shape index (κ2) is 6.24. The lowest BCUT2D eigenvalue weighted by Crippen LogP contribution is -2.22. The van der Waals surface area contributed by atoms with Gasteiger partial charge < -0.3 is 0 Å². The zero-order valence-electron chi connectivity index (χ0n) is 12.1. The van der Waals surface area contributed by atoms with Gasteiger partial charge in [-0.1, -0.05) is 46.3 Å². The second-order valence-corrected chi connectivity index (χ2v) is 5.93. The van der Waals surface area contributed by atoms with Crippen LogP contribution in [0.15, 0.2) is 70.2 Å². The van der Waals surface area contributed by atoms with Crippen molar-refractivity contribution in [1.82, 2.24) is 9.55 Å². The van der Waals surface area contributed by atoms with E-state index < -0.39 is 11.7 Å². The van der Waals surface area contributed by atoms with Gasteiger partial charge in [0, 0.05) is 10.5 Å². The predicted octanol–water partition coefficient (Wildman–Crippen LogP) is 4.61. The Balaban J connectivity index is 2.30. The molecule has 0 aliphatic heterocycles. The van der Waals surface area contributed by atoms with E-state index in [9.17, 15) is 18.0 Å². The van der Waals surface area contributed by atoms with E-state index >= 15 is 0 Å². The third-order valence-corrected chi connectivity index (χ3v) is 3.84. The average molecular weight is 395 g/mol. The second-order valence-electron chi connectivity index (χ2n) is 5.02. The van der Waals surface area contributed by atoms with Gasteiger partial charge in [0.15, 0.2) is 0 Å². The number of hydrogen-bond acceptors (Lipinski definition) is 2. The fourth-order valence-corrected chi connectivity index (χ4v) is 2.68. The van der Waals surface area contributed by atoms with E-state index in [2.05, 4.69) is 20.9 Å². The molecule has 122 valence electrons. The lowest BCUT2D eigenvalue weighted by Gasteiger charge is -2.13. The van der Waals surface area contributed by atoms with Gasteiger partial charge in [-0.3, -0.25) is 9.36 Å². The van der Waals surface area contributed by atoms with Gasteiger partial charge in [-0.2, -0.15) is 13.2 Å². The Morgan fingerprint density at radius 1 is 1.12 bits per heavy atom. The summed E-state index contributed by atoms with van der Waals surface area (Å²) in [7, 11) is 0. The number of halogens is 4. The zero-order valence-corrected chi connectivity index (χ0v) is 13.7. The van der Waals surface area contributed by atoms with Crippen molar-refractivity contribution in [3.8, 4) is 0 Å². The largest absolute Gasteiger partial charge is 0.411 e. The smallest absolute Gasteiger partial charge is 0.268 e. The van der Waals surface area contributed by atoms with E-state index in [1.807, 2.05) is 0 Å². The maximum atomic E-state index is 13.0. The van der Waals surface area contributed by atoms with Gasteiger partial charge in [-0.25, -0.2) is 4.98 Å². The molecule has 0 saturated heterocycles. The molecule has 0 spiro atoms. The van der Waals surface area contributed by atoms with Crippen LogP contribution in [0, 0.1) is 0 Å². The molecule has 3 nitrogen and oxygen atoms in total. The van der Waals surface area contributed by atoms with Crippen LogP contribution >= 0.6 is 15.9 Å². The summed E-state index contributed by atoms with van der Waals surface area (Å²) >= 11 is 3.25. The third kappa shape index (κ3) is 3.41. The predicted molar refractivity (Wildman–Crippen MR) is 89.6 cm³/mol. The van der Waals surface area contributed by atoms with Crippen molar-refractivity contribution in [3.63, 3.8) is 0 Å². The number of alkyl halides is 3. The molecule has 0 aliphatic rings. The van der Waals surface area contributed by atoms with Crippen LogP contribution in [0.1, 0.15) is 5.56 Å². The van der Waals surface area contributed by atoms with E-state index in [1.165, 1.54) is 18.2 Å². The monoisotopic (exact) mass is 394 g/mol. The van der Waals surface area contributed by atoms with Crippen LogP contribution in [0.5, 0.6) is 0 Å². The van der Waals surface area contributed by atoms with Gasteiger partial charge in [0.2, 0.25) is 0 Å². The molecule has 3 rings (SSSR count). The van der Waals surface area contributed by atoms with Crippen molar-refractivity contribution in [2.75, 3.05) is 0 Å². The summed E-state index contributed by atoms with van der Waals surface area (Å²) < 4.78 is 40.5. The highest BCUT2D eigenvalue weighted by molar-refractivity contribution is 9.10. The van der Waals surface area contributed by atoms with Crippen molar-refractivity contribution in [3.05, 3.63) is 81.3 Å². The molecular weight excluding hydrogens is 385 g/mol. The first-order chi connectivity index (χ1) is 11.3. The molecule has 0 atom stereocenters. The fraction of sp³-hybridized carbons (Fsp3) is 0.0588. The SMILES string of the molecule is O=c1c2cc(Br)ccc2ncn1/C(=C\C(F)(F)F)c1ccccc1. The summed E-state index contributed by atoms with van der Waals surface area (Å²) in [5.41, 5.74) is -0.157. The molecule has 0 unspecified atom stereocenters. The molecule has 24 heavy (non-hydrogen) atoms. The van der Waals surface area contributed by atoms with Crippen molar-refractivity contribution in [1.29, 1.82) is 0 Å². The first kappa shape index (κ1) is 16.4. The molecule has 7 heteroatoms. The van der Waals surface area contributed by atoms with Gasteiger partial charge in [-0.15, -0.1) is 0 Å². The van der Waals surface area contributed by atoms with Crippen LogP contribution in [0.2, 0.25) is 0 Å². The summed E-state index contributed by atoms with van der Waals surface area (Å²) in [6.45, 7) is 0. The summed E-state index contributed by atoms with van der Waals surface area (Å²) in [5, 5.41) is 0.232. The third-order valence-electron chi connectivity index (χ3n) is 3.35. The first-order valence-corrected chi connectivity index (χ1v) is 7.67. The molecule has 0 amide bonds. The highest BCUT2D eigenvalue weighted by atomic mass is 79.9. The standard InChI is InChI=1S/C17H10BrF3N2O/c18-12-6-7-14-13(8-12)16(24)23(10-22-14)15(9-17(19,20)21)11-4-2-1-3-5-11/h1-10H/b15-9-. The van der Waals surface area contributed by atoms with Crippen LogP contribution in [-0.4, -0.2) is 15.7 Å². The minimum atomic E-state index is -4.57. The highest BCUT2D eigenvalue weighted by Gasteiger charge is 2.26. The fourth-order valence-electron chi connectivity index (χ4n) is 2.32. The minimum absolute atomic E-state index is 0.106. The number of nitrogens with zero attached hydrogens (tertiary/aromatic N) is 2. The topological polar surface area (TPSA) is 34.9 Å². The lowest BCUT2D eigenvalue weighted by molar-refractivity contribution is -0.0795.